The highest BCUT2D eigenvalue weighted by Gasteiger charge is 2.31. The van der Waals surface area contributed by atoms with E-state index >= 15 is 0 Å². The zero-order valence-electron chi connectivity index (χ0n) is 13.8. The number of imidazole rings is 1. The predicted octanol–water partition coefficient (Wildman–Crippen LogP) is 2.69. The van der Waals surface area contributed by atoms with E-state index < -0.39 is 0 Å². The third kappa shape index (κ3) is 3.05. The topological polar surface area (TPSA) is 47.4 Å². The maximum absolute atomic E-state index is 12.5. The molecule has 2 aliphatic rings. The highest BCUT2D eigenvalue weighted by Crippen LogP contribution is 2.30. The number of aryl methyl sites for hydroxylation is 1. The van der Waals surface area contributed by atoms with Gasteiger partial charge in [0.1, 0.15) is 12.4 Å². The summed E-state index contributed by atoms with van der Waals surface area (Å²) < 4.78 is 7.56. The molecule has 1 aliphatic carbocycles. The van der Waals surface area contributed by atoms with Gasteiger partial charge >= 0.3 is 0 Å². The van der Waals surface area contributed by atoms with Gasteiger partial charge in [-0.1, -0.05) is 12.8 Å². The van der Waals surface area contributed by atoms with E-state index in [2.05, 4.69) is 21.4 Å². The Balaban J connectivity index is 1.62. The molecule has 2 heterocycles. The van der Waals surface area contributed by atoms with E-state index in [0.29, 0.717) is 24.5 Å². The summed E-state index contributed by atoms with van der Waals surface area (Å²) in [6.07, 6.45) is 8.60. The molecule has 0 atom stereocenters. The Morgan fingerprint density at radius 1 is 1.27 bits per heavy atom. The highest BCUT2D eigenvalue weighted by atomic mass is 16.5. The van der Waals surface area contributed by atoms with E-state index in [1.165, 1.54) is 18.5 Å². The van der Waals surface area contributed by atoms with Gasteiger partial charge < -0.3 is 14.2 Å². The van der Waals surface area contributed by atoms with Crippen LogP contribution in [-0.2, 0) is 16.1 Å². The fraction of sp³-hybridized carbons (Fsp3) is 0.765. The molecule has 0 bridgehead atoms. The molecule has 1 saturated carbocycles. The number of carbonyl (C=O) groups excluding carboxylic acids is 1. The number of rotatable bonds is 4. The summed E-state index contributed by atoms with van der Waals surface area (Å²) >= 11 is 0. The standard InChI is InChI=1S/C17H27N3O2/c1-13-11-18-16(12-22-2)20(13)15-7-9-19(10-8-15)17(21)14-5-3-4-6-14/h11,14-15H,3-10,12H2,1-2H3. The molecular formula is C17H27N3O2. The van der Waals surface area contributed by atoms with Gasteiger partial charge in [-0.05, 0) is 32.6 Å². The van der Waals surface area contributed by atoms with Crippen molar-refractivity contribution in [1.82, 2.24) is 14.5 Å². The molecule has 0 unspecified atom stereocenters. The van der Waals surface area contributed by atoms with Crippen molar-refractivity contribution in [2.24, 2.45) is 5.92 Å². The Hall–Kier alpha value is -1.36. The molecule has 5 nitrogen and oxygen atoms in total. The average Bonchev–Trinajstić information content (AvgIpc) is 3.18. The fourth-order valence-corrected chi connectivity index (χ4v) is 4.01. The molecule has 3 rings (SSSR count). The fourth-order valence-electron chi connectivity index (χ4n) is 4.01. The van der Waals surface area contributed by atoms with E-state index in [4.69, 9.17) is 4.74 Å². The molecular weight excluding hydrogens is 278 g/mol. The van der Waals surface area contributed by atoms with Crippen LogP contribution in [0.5, 0.6) is 0 Å². The van der Waals surface area contributed by atoms with Gasteiger partial charge in [-0.15, -0.1) is 0 Å². The van der Waals surface area contributed by atoms with Gasteiger partial charge in [0.05, 0.1) is 0 Å². The Labute approximate surface area is 132 Å². The summed E-state index contributed by atoms with van der Waals surface area (Å²) in [6, 6.07) is 0.445. The minimum atomic E-state index is 0.301. The van der Waals surface area contributed by atoms with E-state index in [0.717, 1.165) is 44.6 Å². The van der Waals surface area contributed by atoms with Crippen molar-refractivity contribution in [3.63, 3.8) is 0 Å². The van der Waals surface area contributed by atoms with Crippen molar-refractivity contribution < 1.29 is 9.53 Å². The van der Waals surface area contributed by atoms with Gasteiger partial charge in [0.2, 0.25) is 5.91 Å². The van der Waals surface area contributed by atoms with Crippen LogP contribution >= 0.6 is 0 Å². The van der Waals surface area contributed by atoms with E-state index in [1.807, 2.05) is 6.20 Å². The SMILES string of the molecule is COCc1ncc(C)n1C1CCN(C(=O)C2CCCC2)CC1. The van der Waals surface area contributed by atoms with Gasteiger partial charge in [0, 0.05) is 44.0 Å². The number of likely N-dealkylation sites (tertiary alicyclic amines) is 1. The summed E-state index contributed by atoms with van der Waals surface area (Å²) in [5.74, 6) is 1.70. The van der Waals surface area contributed by atoms with Crippen LogP contribution in [0.1, 0.15) is 56.1 Å². The second-order valence-electron chi connectivity index (χ2n) is 6.66. The summed E-state index contributed by atoms with van der Waals surface area (Å²) in [6.45, 7) is 4.41. The third-order valence-electron chi connectivity index (χ3n) is 5.18. The zero-order valence-corrected chi connectivity index (χ0v) is 13.8. The van der Waals surface area contributed by atoms with Gasteiger partial charge in [0.25, 0.3) is 0 Å². The number of amides is 1. The Kier molecular flexibility index (Phi) is 4.81. The second-order valence-corrected chi connectivity index (χ2v) is 6.66. The van der Waals surface area contributed by atoms with Crippen LogP contribution in [0, 0.1) is 12.8 Å². The first-order valence-electron chi connectivity index (χ1n) is 8.51. The summed E-state index contributed by atoms with van der Waals surface area (Å²) in [5.41, 5.74) is 1.19. The van der Waals surface area contributed by atoms with Crippen molar-refractivity contribution in [2.45, 2.75) is 58.1 Å². The lowest BCUT2D eigenvalue weighted by atomic mass is 10.0. The molecule has 2 fully saturated rings. The monoisotopic (exact) mass is 305 g/mol. The maximum atomic E-state index is 12.5. The second kappa shape index (κ2) is 6.82. The van der Waals surface area contributed by atoms with Crippen LogP contribution in [0.15, 0.2) is 6.20 Å². The van der Waals surface area contributed by atoms with E-state index in [9.17, 15) is 4.79 Å². The number of methoxy groups -OCH3 is 1. The van der Waals surface area contributed by atoms with Gasteiger partial charge in [-0.3, -0.25) is 4.79 Å². The molecule has 0 spiro atoms. The maximum Gasteiger partial charge on any atom is 0.225 e. The van der Waals surface area contributed by atoms with Crippen LogP contribution in [0.3, 0.4) is 0 Å². The van der Waals surface area contributed by atoms with Crippen LogP contribution in [-0.4, -0.2) is 40.6 Å². The van der Waals surface area contributed by atoms with Crippen LogP contribution in [0.2, 0.25) is 0 Å². The molecule has 1 aromatic rings. The number of carbonyl (C=O) groups is 1. The highest BCUT2D eigenvalue weighted by molar-refractivity contribution is 5.79. The van der Waals surface area contributed by atoms with Crippen molar-refractivity contribution in [1.29, 1.82) is 0 Å². The molecule has 0 radical (unpaired) electrons. The number of nitrogens with zero attached hydrogens (tertiary/aromatic N) is 3. The number of piperidine rings is 1. The first-order chi connectivity index (χ1) is 10.7. The molecule has 0 aromatic carbocycles. The number of ether oxygens (including phenoxy) is 1. The van der Waals surface area contributed by atoms with E-state index in [1.54, 1.807) is 7.11 Å². The number of aromatic nitrogens is 2. The Bertz CT molecular complexity index is 512. The molecule has 1 aromatic heterocycles. The lowest BCUT2D eigenvalue weighted by Crippen LogP contribution is -2.42. The predicted molar refractivity (Wildman–Crippen MR) is 84.5 cm³/mol. The molecule has 0 N–H and O–H groups in total. The average molecular weight is 305 g/mol. The zero-order chi connectivity index (χ0) is 15.5. The molecule has 1 amide bonds. The summed E-state index contributed by atoms with van der Waals surface area (Å²) in [4.78, 5) is 19.1. The molecule has 22 heavy (non-hydrogen) atoms. The summed E-state index contributed by atoms with van der Waals surface area (Å²) in [7, 11) is 1.71. The smallest absolute Gasteiger partial charge is 0.225 e. The van der Waals surface area contributed by atoms with Gasteiger partial charge in [-0.2, -0.15) is 0 Å². The minimum Gasteiger partial charge on any atom is -0.377 e. The molecule has 1 aliphatic heterocycles. The first-order valence-corrected chi connectivity index (χ1v) is 8.51. The van der Waals surface area contributed by atoms with Gasteiger partial charge in [0.15, 0.2) is 0 Å². The van der Waals surface area contributed by atoms with Gasteiger partial charge in [-0.25, -0.2) is 4.98 Å². The lowest BCUT2D eigenvalue weighted by molar-refractivity contribution is -0.136. The number of hydrogen-bond acceptors (Lipinski definition) is 3. The van der Waals surface area contributed by atoms with E-state index in [-0.39, 0.29) is 0 Å². The normalized spacial score (nSPS) is 20.7. The van der Waals surface area contributed by atoms with Crippen molar-refractivity contribution in [3.05, 3.63) is 17.7 Å². The third-order valence-corrected chi connectivity index (χ3v) is 5.18. The molecule has 122 valence electrons. The quantitative estimate of drug-likeness (QED) is 0.859. The van der Waals surface area contributed by atoms with Crippen LogP contribution in [0.25, 0.3) is 0 Å². The largest absolute Gasteiger partial charge is 0.377 e. The van der Waals surface area contributed by atoms with Crippen LogP contribution < -0.4 is 0 Å². The van der Waals surface area contributed by atoms with Crippen LogP contribution in [0.4, 0.5) is 0 Å². The Morgan fingerprint density at radius 2 is 1.95 bits per heavy atom. The first kappa shape index (κ1) is 15.5. The summed E-state index contributed by atoms with van der Waals surface area (Å²) in [5, 5.41) is 0. The Morgan fingerprint density at radius 3 is 2.59 bits per heavy atom. The van der Waals surface area contributed by atoms with Crippen molar-refractivity contribution in [2.75, 3.05) is 20.2 Å². The lowest BCUT2D eigenvalue weighted by Gasteiger charge is -2.35. The number of hydrogen-bond donors (Lipinski definition) is 0. The minimum absolute atomic E-state index is 0.301. The molecule has 1 saturated heterocycles. The van der Waals surface area contributed by atoms with Crippen molar-refractivity contribution >= 4 is 5.91 Å². The molecule has 5 heteroatoms. The van der Waals surface area contributed by atoms with Crippen molar-refractivity contribution in [3.8, 4) is 0 Å².